The van der Waals surface area contributed by atoms with Crippen LogP contribution in [0.2, 0.25) is 0 Å². The predicted molar refractivity (Wildman–Crippen MR) is 103 cm³/mol. The van der Waals surface area contributed by atoms with Gasteiger partial charge in [0.2, 0.25) is 5.91 Å². The Bertz CT molecular complexity index is 654. The van der Waals surface area contributed by atoms with Gasteiger partial charge in [-0.05, 0) is 50.1 Å². The van der Waals surface area contributed by atoms with Crippen molar-refractivity contribution in [1.29, 1.82) is 0 Å². The van der Waals surface area contributed by atoms with E-state index in [4.69, 9.17) is 0 Å². The lowest BCUT2D eigenvalue weighted by molar-refractivity contribution is -0.135. The summed E-state index contributed by atoms with van der Waals surface area (Å²) in [5, 5.41) is 1.96. The van der Waals surface area contributed by atoms with Gasteiger partial charge in [-0.25, -0.2) is 0 Å². The second-order valence-electron chi connectivity index (χ2n) is 8.04. The fraction of sp³-hybridized carbons (Fsp3) is 0.700. The lowest BCUT2D eigenvalue weighted by Crippen LogP contribution is -2.47. The topological polar surface area (TPSA) is 43.9 Å². The van der Waals surface area contributed by atoms with Crippen molar-refractivity contribution in [1.82, 2.24) is 14.7 Å². The molecule has 0 aromatic carbocycles. The minimum absolute atomic E-state index is 0.112. The average Bonchev–Trinajstić information content (AvgIpc) is 3.40. The Hall–Kier alpha value is -1.40. The maximum absolute atomic E-state index is 12.9. The summed E-state index contributed by atoms with van der Waals surface area (Å²) < 4.78 is 0. The van der Waals surface area contributed by atoms with E-state index in [2.05, 4.69) is 16.7 Å². The summed E-state index contributed by atoms with van der Waals surface area (Å²) in [6.45, 7) is 7.62. The zero-order valence-electron chi connectivity index (χ0n) is 15.7. The number of carbonyl (C=O) groups excluding carboxylic acids is 2. The number of carbonyl (C=O) groups is 2. The van der Waals surface area contributed by atoms with Crippen molar-refractivity contribution >= 4 is 23.2 Å². The molecule has 0 saturated carbocycles. The van der Waals surface area contributed by atoms with Gasteiger partial charge in [-0.15, -0.1) is 11.3 Å². The summed E-state index contributed by atoms with van der Waals surface area (Å²) in [6, 6.07) is 4.38. The summed E-state index contributed by atoms with van der Waals surface area (Å²) in [7, 11) is 0. The molecule has 0 radical (unpaired) electrons. The highest BCUT2D eigenvalue weighted by Crippen LogP contribution is 2.42. The maximum atomic E-state index is 12.9. The van der Waals surface area contributed by atoms with Crippen LogP contribution >= 0.6 is 11.3 Å². The minimum Gasteiger partial charge on any atom is -0.342 e. The molecule has 4 heterocycles. The number of rotatable bonds is 4. The SMILES string of the molecule is CCCN1CCC2(CCN(C3CCN(C(=O)c4cccs4)CC3)C2)C1=O. The molecule has 26 heavy (non-hydrogen) atoms. The molecule has 0 aliphatic carbocycles. The lowest BCUT2D eigenvalue weighted by Gasteiger charge is -2.37. The largest absolute Gasteiger partial charge is 0.342 e. The Labute approximate surface area is 159 Å². The van der Waals surface area contributed by atoms with Crippen LogP contribution in [0.4, 0.5) is 0 Å². The Kier molecular flexibility index (Phi) is 5.06. The first-order valence-electron chi connectivity index (χ1n) is 9.99. The van der Waals surface area contributed by atoms with E-state index in [9.17, 15) is 9.59 Å². The molecule has 1 aromatic heterocycles. The van der Waals surface area contributed by atoms with Gasteiger partial charge in [-0.1, -0.05) is 13.0 Å². The summed E-state index contributed by atoms with van der Waals surface area (Å²) in [6.07, 6.45) is 5.14. The highest BCUT2D eigenvalue weighted by Gasteiger charge is 2.51. The Morgan fingerprint density at radius 2 is 2.00 bits per heavy atom. The van der Waals surface area contributed by atoms with Crippen LogP contribution in [-0.2, 0) is 4.79 Å². The van der Waals surface area contributed by atoms with Crippen LogP contribution in [0.1, 0.15) is 48.7 Å². The van der Waals surface area contributed by atoms with Crippen molar-refractivity contribution in [2.75, 3.05) is 39.3 Å². The van der Waals surface area contributed by atoms with Gasteiger partial charge in [0.1, 0.15) is 0 Å². The second kappa shape index (κ2) is 7.31. The fourth-order valence-corrected chi connectivity index (χ4v) is 5.65. The molecule has 1 aromatic rings. The number of amides is 2. The van der Waals surface area contributed by atoms with E-state index in [0.717, 1.165) is 76.2 Å². The van der Waals surface area contributed by atoms with Crippen molar-refractivity contribution < 1.29 is 9.59 Å². The molecule has 4 rings (SSSR count). The van der Waals surface area contributed by atoms with Crippen molar-refractivity contribution in [2.24, 2.45) is 5.41 Å². The first-order chi connectivity index (χ1) is 12.6. The number of likely N-dealkylation sites (tertiary alicyclic amines) is 3. The van der Waals surface area contributed by atoms with E-state index < -0.39 is 0 Å². The van der Waals surface area contributed by atoms with Crippen LogP contribution in [0.5, 0.6) is 0 Å². The fourth-order valence-electron chi connectivity index (χ4n) is 4.96. The molecule has 1 atom stereocenters. The van der Waals surface area contributed by atoms with Crippen LogP contribution in [0, 0.1) is 5.41 Å². The van der Waals surface area contributed by atoms with Crippen LogP contribution in [-0.4, -0.2) is 71.8 Å². The zero-order valence-corrected chi connectivity index (χ0v) is 16.5. The monoisotopic (exact) mass is 375 g/mol. The molecule has 0 N–H and O–H groups in total. The molecule has 2 amide bonds. The van der Waals surface area contributed by atoms with Crippen LogP contribution in [0.25, 0.3) is 0 Å². The first kappa shape index (κ1) is 18.0. The van der Waals surface area contributed by atoms with Gasteiger partial charge in [0, 0.05) is 38.8 Å². The summed E-state index contributed by atoms with van der Waals surface area (Å²) in [5.74, 6) is 0.574. The summed E-state index contributed by atoms with van der Waals surface area (Å²) in [5.41, 5.74) is -0.112. The van der Waals surface area contributed by atoms with Crippen molar-refractivity contribution in [3.8, 4) is 0 Å². The van der Waals surface area contributed by atoms with E-state index in [-0.39, 0.29) is 11.3 Å². The molecule has 0 bridgehead atoms. The molecular formula is C20H29N3O2S. The van der Waals surface area contributed by atoms with Crippen LogP contribution in [0.3, 0.4) is 0 Å². The standard InChI is InChI=1S/C20H29N3O2S/c1-2-9-22-12-7-20(19(22)25)8-13-23(15-20)16-5-10-21(11-6-16)18(24)17-4-3-14-26-17/h3-4,14,16H,2,5-13,15H2,1H3. The van der Waals surface area contributed by atoms with Gasteiger partial charge in [0.05, 0.1) is 10.3 Å². The van der Waals surface area contributed by atoms with Crippen molar-refractivity contribution in [3.05, 3.63) is 22.4 Å². The van der Waals surface area contributed by atoms with Gasteiger partial charge in [0.15, 0.2) is 0 Å². The van der Waals surface area contributed by atoms with Crippen molar-refractivity contribution in [2.45, 2.75) is 45.1 Å². The molecule has 3 fully saturated rings. The average molecular weight is 376 g/mol. The van der Waals surface area contributed by atoms with Crippen molar-refractivity contribution in [3.63, 3.8) is 0 Å². The highest BCUT2D eigenvalue weighted by atomic mass is 32.1. The Morgan fingerprint density at radius 1 is 1.23 bits per heavy atom. The van der Waals surface area contributed by atoms with Gasteiger partial charge in [0.25, 0.3) is 5.91 Å². The molecule has 6 heteroatoms. The molecule has 3 aliphatic heterocycles. The number of nitrogens with zero attached hydrogens (tertiary/aromatic N) is 3. The molecule has 142 valence electrons. The number of thiophene rings is 1. The van der Waals surface area contributed by atoms with Gasteiger partial charge in [-0.2, -0.15) is 0 Å². The molecule has 3 aliphatic rings. The molecule has 1 unspecified atom stereocenters. The summed E-state index contributed by atoms with van der Waals surface area (Å²) in [4.78, 5) is 32.8. The second-order valence-corrected chi connectivity index (χ2v) is 8.99. The van der Waals surface area contributed by atoms with E-state index in [1.807, 2.05) is 22.4 Å². The van der Waals surface area contributed by atoms with E-state index >= 15 is 0 Å². The van der Waals surface area contributed by atoms with E-state index in [1.165, 1.54) is 11.3 Å². The number of piperidine rings is 1. The summed E-state index contributed by atoms with van der Waals surface area (Å²) >= 11 is 1.52. The first-order valence-corrected chi connectivity index (χ1v) is 10.9. The number of hydrogen-bond donors (Lipinski definition) is 0. The van der Waals surface area contributed by atoms with E-state index in [0.29, 0.717) is 11.9 Å². The Balaban J connectivity index is 1.32. The number of hydrogen-bond acceptors (Lipinski definition) is 4. The lowest BCUT2D eigenvalue weighted by atomic mass is 9.85. The van der Waals surface area contributed by atoms with Gasteiger partial charge >= 0.3 is 0 Å². The normalized spacial score (nSPS) is 27.8. The van der Waals surface area contributed by atoms with E-state index in [1.54, 1.807) is 0 Å². The third kappa shape index (κ3) is 3.18. The quantitative estimate of drug-likeness (QED) is 0.813. The Morgan fingerprint density at radius 3 is 2.69 bits per heavy atom. The minimum atomic E-state index is -0.112. The molecule has 1 spiro atoms. The third-order valence-corrected chi connectivity index (χ3v) is 7.34. The highest BCUT2D eigenvalue weighted by molar-refractivity contribution is 7.12. The smallest absolute Gasteiger partial charge is 0.263 e. The molecular weight excluding hydrogens is 346 g/mol. The third-order valence-electron chi connectivity index (χ3n) is 6.48. The van der Waals surface area contributed by atoms with Gasteiger partial charge < -0.3 is 9.80 Å². The van der Waals surface area contributed by atoms with Crippen LogP contribution < -0.4 is 0 Å². The molecule has 3 saturated heterocycles. The van der Waals surface area contributed by atoms with Gasteiger partial charge in [-0.3, -0.25) is 14.5 Å². The van der Waals surface area contributed by atoms with Crippen LogP contribution in [0.15, 0.2) is 17.5 Å². The predicted octanol–water partition coefficient (Wildman–Crippen LogP) is 2.69. The zero-order chi connectivity index (χ0) is 18.1. The maximum Gasteiger partial charge on any atom is 0.263 e. The molecule has 5 nitrogen and oxygen atoms in total.